The summed E-state index contributed by atoms with van der Waals surface area (Å²) in [6.07, 6.45) is 1.71. The highest BCUT2D eigenvalue weighted by molar-refractivity contribution is 9.11. The molecule has 0 aliphatic carbocycles. The first kappa shape index (κ1) is 23.1. The van der Waals surface area contributed by atoms with Crippen LogP contribution in [-0.2, 0) is 4.79 Å². The van der Waals surface area contributed by atoms with Crippen LogP contribution in [0.3, 0.4) is 0 Å². The number of piperazine rings is 1. The largest absolute Gasteiger partial charge is 0.495 e. The number of benzene rings is 1. The molecule has 2 aliphatic heterocycles. The van der Waals surface area contributed by atoms with Crippen molar-refractivity contribution in [3.05, 3.63) is 52.3 Å². The zero-order chi connectivity index (χ0) is 23.5. The molecule has 0 spiro atoms. The lowest BCUT2D eigenvalue weighted by Crippen LogP contribution is -2.51. The summed E-state index contributed by atoms with van der Waals surface area (Å²) in [7, 11) is 1.70. The number of ether oxygens (including phenoxy) is 1. The Bertz CT molecular complexity index is 1120. The topological polar surface area (TPSA) is 61.8 Å². The predicted octanol–water partition coefficient (Wildman–Crippen LogP) is 4.54. The maximum Gasteiger partial charge on any atom is 0.225 e. The number of thiophene rings is 1. The van der Waals surface area contributed by atoms with Gasteiger partial charge in [-0.3, -0.25) is 4.79 Å². The van der Waals surface area contributed by atoms with Gasteiger partial charge in [-0.2, -0.15) is 0 Å². The summed E-state index contributed by atoms with van der Waals surface area (Å²) in [5.41, 5.74) is 1.99. The number of carbonyl (C=O) groups excluding carboxylic acids is 1. The van der Waals surface area contributed by atoms with E-state index in [-0.39, 0.29) is 5.92 Å². The lowest BCUT2D eigenvalue weighted by molar-refractivity contribution is -0.136. The first-order valence-corrected chi connectivity index (χ1v) is 13.2. The molecule has 1 amide bonds. The summed E-state index contributed by atoms with van der Waals surface area (Å²) in [4.78, 5) is 20.9. The number of amides is 1. The van der Waals surface area contributed by atoms with Gasteiger partial charge in [-0.15, -0.1) is 21.5 Å². The quantitative estimate of drug-likeness (QED) is 0.472. The third-order valence-electron chi connectivity index (χ3n) is 6.66. The van der Waals surface area contributed by atoms with E-state index in [4.69, 9.17) is 4.74 Å². The highest BCUT2D eigenvalue weighted by atomic mass is 79.9. The van der Waals surface area contributed by atoms with Crippen molar-refractivity contribution in [2.45, 2.75) is 12.8 Å². The maximum atomic E-state index is 13.2. The van der Waals surface area contributed by atoms with Crippen LogP contribution in [0.25, 0.3) is 10.6 Å². The second kappa shape index (κ2) is 10.3. The molecule has 2 saturated heterocycles. The van der Waals surface area contributed by atoms with E-state index in [1.165, 1.54) is 0 Å². The Morgan fingerprint density at radius 1 is 0.941 bits per heavy atom. The van der Waals surface area contributed by atoms with Crippen LogP contribution in [0.2, 0.25) is 0 Å². The minimum absolute atomic E-state index is 0.0877. The van der Waals surface area contributed by atoms with Crippen LogP contribution >= 0.6 is 27.3 Å². The number of carbonyl (C=O) groups is 1. The predicted molar refractivity (Wildman–Crippen MR) is 140 cm³/mol. The molecule has 3 aromatic rings. The lowest BCUT2D eigenvalue weighted by Gasteiger charge is -2.39. The van der Waals surface area contributed by atoms with Gasteiger partial charge in [-0.05, 0) is 65.2 Å². The molecule has 0 unspecified atom stereocenters. The van der Waals surface area contributed by atoms with Gasteiger partial charge in [0.05, 0.1) is 21.5 Å². The summed E-state index contributed by atoms with van der Waals surface area (Å²) in [6.45, 7) is 4.82. The standard InChI is InChI=1S/C25H28BrN5O2S/c1-33-21-5-3-2-4-20(21)29-14-16-31(17-15-29)25(32)18-10-12-30(13-11-18)24-9-6-19(27-28-24)22-7-8-23(26)34-22/h2-9,18H,10-17H2,1H3. The van der Waals surface area contributed by atoms with Crippen LogP contribution in [0, 0.1) is 5.92 Å². The zero-order valence-electron chi connectivity index (χ0n) is 19.2. The zero-order valence-corrected chi connectivity index (χ0v) is 21.6. The monoisotopic (exact) mass is 541 g/mol. The number of halogens is 1. The molecule has 2 aliphatic rings. The summed E-state index contributed by atoms with van der Waals surface area (Å²) < 4.78 is 6.59. The van der Waals surface area contributed by atoms with Crippen LogP contribution in [0.15, 0.2) is 52.3 Å². The van der Waals surface area contributed by atoms with Gasteiger partial charge in [0.1, 0.15) is 11.4 Å². The van der Waals surface area contributed by atoms with Crippen LogP contribution in [0.4, 0.5) is 11.5 Å². The van der Waals surface area contributed by atoms with Gasteiger partial charge in [0.15, 0.2) is 5.82 Å². The Morgan fingerprint density at radius 3 is 2.35 bits per heavy atom. The first-order chi connectivity index (χ1) is 16.6. The Hall–Kier alpha value is -2.65. The fourth-order valence-electron chi connectivity index (χ4n) is 4.75. The minimum atomic E-state index is 0.0877. The molecule has 0 N–H and O–H groups in total. The van der Waals surface area contributed by atoms with E-state index in [9.17, 15) is 4.79 Å². The average Bonchev–Trinajstić information content (AvgIpc) is 3.35. The second-order valence-electron chi connectivity index (χ2n) is 8.63. The molecule has 4 heterocycles. The number of hydrogen-bond acceptors (Lipinski definition) is 7. The van der Waals surface area contributed by atoms with Crippen LogP contribution in [0.5, 0.6) is 5.75 Å². The van der Waals surface area contributed by atoms with Crippen molar-refractivity contribution in [3.63, 3.8) is 0 Å². The number of piperidine rings is 1. The van der Waals surface area contributed by atoms with Crippen LogP contribution in [-0.4, -0.2) is 67.4 Å². The molecule has 0 saturated carbocycles. The van der Waals surface area contributed by atoms with Crippen LogP contribution < -0.4 is 14.5 Å². The highest BCUT2D eigenvalue weighted by Crippen LogP contribution is 2.31. The Morgan fingerprint density at radius 2 is 1.71 bits per heavy atom. The second-order valence-corrected chi connectivity index (χ2v) is 11.1. The third-order valence-corrected chi connectivity index (χ3v) is 8.31. The van der Waals surface area contributed by atoms with Gasteiger partial charge in [-0.1, -0.05) is 12.1 Å². The SMILES string of the molecule is COc1ccccc1N1CCN(C(=O)C2CCN(c3ccc(-c4ccc(Br)s4)nn3)CC2)CC1. The fraction of sp³-hybridized carbons (Fsp3) is 0.400. The number of methoxy groups -OCH3 is 1. The van der Waals surface area contributed by atoms with Gasteiger partial charge in [0.2, 0.25) is 5.91 Å². The molecule has 0 radical (unpaired) electrons. The molecule has 178 valence electrons. The smallest absolute Gasteiger partial charge is 0.225 e. The molecular weight excluding hydrogens is 514 g/mol. The number of para-hydroxylation sites is 2. The Labute approximate surface area is 212 Å². The van der Waals surface area contributed by atoms with E-state index in [1.54, 1.807) is 18.4 Å². The van der Waals surface area contributed by atoms with Crippen molar-refractivity contribution >= 4 is 44.7 Å². The minimum Gasteiger partial charge on any atom is -0.495 e. The molecule has 0 atom stereocenters. The molecule has 9 heteroatoms. The normalized spacial score (nSPS) is 17.2. The van der Waals surface area contributed by atoms with Crippen molar-refractivity contribution in [1.82, 2.24) is 15.1 Å². The number of anilines is 2. The maximum absolute atomic E-state index is 13.2. The molecule has 2 fully saturated rings. The summed E-state index contributed by atoms with van der Waals surface area (Å²) in [6, 6.07) is 16.2. The molecule has 1 aromatic carbocycles. The molecular formula is C25H28BrN5O2S. The van der Waals surface area contributed by atoms with Crippen LogP contribution in [0.1, 0.15) is 12.8 Å². The highest BCUT2D eigenvalue weighted by Gasteiger charge is 2.31. The van der Waals surface area contributed by atoms with Crippen molar-refractivity contribution in [2.75, 3.05) is 56.2 Å². The van der Waals surface area contributed by atoms with Crippen molar-refractivity contribution in [3.8, 4) is 16.3 Å². The van der Waals surface area contributed by atoms with Crippen molar-refractivity contribution in [2.24, 2.45) is 5.92 Å². The van der Waals surface area contributed by atoms with Gasteiger partial charge in [0, 0.05) is 45.2 Å². The third kappa shape index (κ3) is 4.90. The van der Waals surface area contributed by atoms with E-state index in [0.717, 1.165) is 83.7 Å². The molecule has 0 bridgehead atoms. The lowest BCUT2D eigenvalue weighted by atomic mass is 9.95. The van der Waals surface area contributed by atoms with Gasteiger partial charge < -0.3 is 19.4 Å². The molecule has 2 aromatic heterocycles. The molecule has 7 nitrogen and oxygen atoms in total. The van der Waals surface area contributed by atoms with Gasteiger partial charge in [0.25, 0.3) is 0 Å². The van der Waals surface area contributed by atoms with E-state index in [0.29, 0.717) is 5.91 Å². The Balaban J connectivity index is 1.13. The fourth-order valence-corrected chi connectivity index (χ4v) is 6.10. The van der Waals surface area contributed by atoms with E-state index >= 15 is 0 Å². The number of aromatic nitrogens is 2. The first-order valence-electron chi connectivity index (χ1n) is 11.6. The van der Waals surface area contributed by atoms with Crippen molar-refractivity contribution < 1.29 is 9.53 Å². The van der Waals surface area contributed by atoms with E-state index in [2.05, 4.69) is 42.0 Å². The number of hydrogen-bond donors (Lipinski definition) is 0. The van der Waals surface area contributed by atoms with E-state index < -0.39 is 0 Å². The number of rotatable bonds is 5. The number of nitrogens with zero attached hydrogens (tertiary/aromatic N) is 5. The summed E-state index contributed by atoms with van der Waals surface area (Å²) in [5, 5.41) is 8.87. The molecule has 34 heavy (non-hydrogen) atoms. The summed E-state index contributed by atoms with van der Waals surface area (Å²) in [5.74, 6) is 2.15. The summed E-state index contributed by atoms with van der Waals surface area (Å²) >= 11 is 5.14. The average molecular weight is 543 g/mol. The Kier molecular flexibility index (Phi) is 7.01. The van der Waals surface area contributed by atoms with E-state index in [1.807, 2.05) is 47.4 Å². The van der Waals surface area contributed by atoms with Gasteiger partial charge >= 0.3 is 0 Å². The molecule has 5 rings (SSSR count). The van der Waals surface area contributed by atoms with Gasteiger partial charge in [-0.25, -0.2) is 0 Å². The van der Waals surface area contributed by atoms with Crippen molar-refractivity contribution in [1.29, 1.82) is 0 Å².